The number of hydrogen-bond acceptors (Lipinski definition) is 5. The van der Waals surface area contributed by atoms with Crippen LogP contribution in [0.1, 0.15) is 11.3 Å². The van der Waals surface area contributed by atoms with Crippen molar-refractivity contribution < 1.29 is 0 Å². The molecule has 3 aromatic rings. The Bertz CT molecular complexity index is 624. The van der Waals surface area contributed by atoms with Crippen molar-refractivity contribution in [3.63, 3.8) is 0 Å². The molecule has 0 aliphatic carbocycles. The second kappa shape index (κ2) is 4.56. The summed E-state index contributed by atoms with van der Waals surface area (Å²) in [7, 11) is 0. The highest BCUT2D eigenvalue weighted by Crippen LogP contribution is 2.32. The molecule has 4 nitrogen and oxygen atoms in total. The van der Waals surface area contributed by atoms with Crippen molar-refractivity contribution >= 4 is 22.7 Å². The number of thiazole rings is 1. The van der Waals surface area contributed by atoms with Crippen LogP contribution < -0.4 is 5.32 Å². The van der Waals surface area contributed by atoms with Crippen LogP contribution in [0.4, 0.5) is 0 Å². The van der Waals surface area contributed by atoms with E-state index >= 15 is 0 Å². The monoisotopic (exact) mass is 288 g/mol. The van der Waals surface area contributed by atoms with E-state index < -0.39 is 0 Å². The molecule has 1 aliphatic rings. The summed E-state index contributed by atoms with van der Waals surface area (Å²) >= 11 is 3.37. The van der Waals surface area contributed by atoms with Crippen molar-refractivity contribution in [3.05, 3.63) is 40.3 Å². The highest BCUT2D eigenvalue weighted by Gasteiger charge is 2.23. The molecule has 4 rings (SSSR count). The molecule has 6 heteroatoms. The SMILES string of the molecule is c1csc(-c2nn(-c3nccs3)c3c2CNCC3)c1. The normalized spacial score (nSPS) is 14.5. The summed E-state index contributed by atoms with van der Waals surface area (Å²) in [5.41, 5.74) is 3.73. The van der Waals surface area contributed by atoms with Gasteiger partial charge in [0, 0.05) is 36.7 Å². The van der Waals surface area contributed by atoms with Gasteiger partial charge in [-0.1, -0.05) is 6.07 Å². The molecule has 0 saturated heterocycles. The Kier molecular flexibility index (Phi) is 2.72. The first-order valence-electron chi connectivity index (χ1n) is 6.19. The maximum Gasteiger partial charge on any atom is 0.210 e. The third kappa shape index (κ3) is 1.83. The maximum atomic E-state index is 4.81. The van der Waals surface area contributed by atoms with Crippen LogP contribution >= 0.6 is 22.7 Å². The van der Waals surface area contributed by atoms with E-state index in [1.54, 1.807) is 22.7 Å². The van der Waals surface area contributed by atoms with Gasteiger partial charge >= 0.3 is 0 Å². The largest absolute Gasteiger partial charge is 0.312 e. The van der Waals surface area contributed by atoms with Crippen LogP contribution in [0.15, 0.2) is 29.1 Å². The summed E-state index contributed by atoms with van der Waals surface area (Å²) in [5.74, 6) is 0. The molecule has 0 bridgehead atoms. The number of rotatable bonds is 2. The van der Waals surface area contributed by atoms with Gasteiger partial charge in [0.2, 0.25) is 5.13 Å². The van der Waals surface area contributed by atoms with E-state index in [9.17, 15) is 0 Å². The molecule has 0 saturated carbocycles. The van der Waals surface area contributed by atoms with Crippen molar-refractivity contribution in [2.24, 2.45) is 0 Å². The lowest BCUT2D eigenvalue weighted by molar-refractivity contribution is 0.622. The highest BCUT2D eigenvalue weighted by atomic mass is 32.1. The smallest absolute Gasteiger partial charge is 0.210 e. The zero-order valence-corrected chi connectivity index (χ0v) is 11.8. The van der Waals surface area contributed by atoms with Gasteiger partial charge in [-0.2, -0.15) is 5.10 Å². The topological polar surface area (TPSA) is 42.7 Å². The first-order chi connectivity index (χ1) is 9.43. The molecular weight excluding hydrogens is 276 g/mol. The van der Waals surface area contributed by atoms with E-state index in [0.29, 0.717) is 0 Å². The Morgan fingerprint density at radius 3 is 3.05 bits per heavy atom. The average Bonchev–Trinajstić information content (AvgIpc) is 3.18. The minimum absolute atomic E-state index is 0.897. The van der Waals surface area contributed by atoms with E-state index in [2.05, 4.69) is 27.8 Å². The third-order valence-electron chi connectivity index (χ3n) is 3.29. The van der Waals surface area contributed by atoms with Crippen LogP contribution in [0, 0.1) is 0 Å². The van der Waals surface area contributed by atoms with Crippen LogP contribution in [0.25, 0.3) is 15.7 Å². The van der Waals surface area contributed by atoms with E-state index in [0.717, 1.165) is 30.3 Å². The van der Waals surface area contributed by atoms with Gasteiger partial charge in [0.1, 0.15) is 5.69 Å². The van der Waals surface area contributed by atoms with E-state index in [4.69, 9.17) is 5.10 Å². The van der Waals surface area contributed by atoms with E-state index in [1.807, 2.05) is 16.3 Å². The van der Waals surface area contributed by atoms with Crippen molar-refractivity contribution in [1.82, 2.24) is 20.1 Å². The molecule has 0 atom stereocenters. The maximum absolute atomic E-state index is 4.81. The lowest BCUT2D eigenvalue weighted by atomic mass is 10.1. The van der Waals surface area contributed by atoms with Gasteiger partial charge in [-0.15, -0.1) is 22.7 Å². The quantitative estimate of drug-likeness (QED) is 0.788. The zero-order chi connectivity index (χ0) is 12.7. The van der Waals surface area contributed by atoms with Gasteiger partial charge in [0.25, 0.3) is 0 Å². The molecule has 96 valence electrons. The van der Waals surface area contributed by atoms with Crippen LogP contribution in [-0.2, 0) is 13.0 Å². The molecule has 0 aromatic carbocycles. The van der Waals surface area contributed by atoms with Crippen molar-refractivity contribution in [2.75, 3.05) is 6.54 Å². The molecule has 0 amide bonds. The molecule has 3 aromatic heterocycles. The summed E-state index contributed by atoms with van der Waals surface area (Å²) in [6.07, 6.45) is 2.84. The summed E-state index contributed by atoms with van der Waals surface area (Å²) in [6.45, 7) is 1.90. The predicted octanol–water partition coefficient (Wildman–Crippen LogP) is 2.70. The standard InChI is InChI=1S/C13H12N4S2/c1-2-11(18-6-1)12-9-8-14-4-3-10(9)17(16-12)13-15-5-7-19-13/h1-2,5-7,14H,3-4,8H2. The van der Waals surface area contributed by atoms with Gasteiger partial charge in [-0.25, -0.2) is 9.67 Å². The van der Waals surface area contributed by atoms with Gasteiger partial charge < -0.3 is 5.32 Å². The summed E-state index contributed by atoms with van der Waals surface area (Å²) in [5, 5.41) is 13.3. The summed E-state index contributed by atoms with van der Waals surface area (Å²) < 4.78 is 2.02. The Labute approximate surface area is 118 Å². The Hall–Kier alpha value is -1.50. The molecular formula is C13H12N4S2. The summed E-state index contributed by atoms with van der Waals surface area (Å²) in [6, 6.07) is 4.21. The fraction of sp³-hybridized carbons (Fsp3) is 0.231. The molecule has 0 unspecified atom stereocenters. The van der Waals surface area contributed by atoms with Crippen LogP contribution in [-0.4, -0.2) is 21.3 Å². The number of nitrogens with zero attached hydrogens (tertiary/aromatic N) is 3. The molecule has 19 heavy (non-hydrogen) atoms. The highest BCUT2D eigenvalue weighted by molar-refractivity contribution is 7.13. The lowest BCUT2D eigenvalue weighted by Crippen LogP contribution is -2.24. The number of hydrogen-bond donors (Lipinski definition) is 1. The zero-order valence-electron chi connectivity index (χ0n) is 10.2. The molecule has 0 fully saturated rings. The van der Waals surface area contributed by atoms with Gasteiger partial charge in [0.15, 0.2) is 0 Å². The second-order valence-corrected chi connectivity index (χ2v) is 6.23. The number of nitrogens with one attached hydrogen (secondary N) is 1. The predicted molar refractivity (Wildman–Crippen MR) is 78.0 cm³/mol. The molecule has 0 spiro atoms. The minimum atomic E-state index is 0.897. The van der Waals surface area contributed by atoms with Crippen molar-refractivity contribution in [1.29, 1.82) is 0 Å². The molecule has 0 radical (unpaired) electrons. The second-order valence-electron chi connectivity index (χ2n) is 4.40. The fourth-order valence-electron chi connectivity index (χ4n) is 2.44. The molecule has 4 heterocycles. The summed E-state index contributed by atoms with van der Waals surface area (Å²) in [4.78, 5) is 5.62. The Morgan fingerprint density at radius 1 is 1.26 bits per heavy atom. The van der Waals surface area contributed by atoms with Crippen LogP contribution in [0.3, 0.4) is 0 Å². The third-order valence-corrected chi connectivity index (χ3v) is 4.91. The van der Waals surface area contributed by atoms with Gasteiger partial charge in [-0.3, -0.25) is 0 Å². The first-order valence-corrected chi connectivity index (χ1v) is 7.94. The van der Waals surface area contributed by atoms with E-state index in [1.165, 1.54) is 16.1 Å². The number of thiophene rings is 1. The van der Waals surface area contributed by atoms with Crippen LogP contribution in [0.5, 0.6) is 0 Å². The number of fused-ring (bicyclic) bond motifs is 1. The Morgan fingerprint density at radius 2 is 2.26 bits per heavy atom. The molecule has 1 aliphatic heterocycles. The molecule has 1 N–H and O–H groups in total. The lowest BCUT2D eigenvalue weighted by Gasteiger charge is -2.14. The first kappa shape index (κ1) is 11.3. The van der Waals surface area contributed by atoms with Crippen molar-refractivity contribution in [3.8, 4) is 15.7 Å². The number of aromatic nitrogens is 3. The fourth-order valence-corrected chi connectivity index (χ4v) is 3.79. The van der Waals surface area contributed by atoms with E-state index in [-0.39, 0.29) is 0 Å². The van der Waals surface area contributed by atoms with Crippen molar-refractivity contribution in [2.45, 2.75) is 13.0 Å². The average molecular weight is 288 g/mol. The Balaban J connectivity index is 1.93. The minimum Gasteiger partial charge on any atom is -0.312 e. The van der Waals surface area contributed by atoms with Gasteiger partial charge in [0.05, 0.1) is 10.6 Å². The van der Waals surface area contributed by atoms with Crippen LogP contribution in [0.2, 0.25) is 0 Å². The van der Waals surface area contributed by atoms with Gasteiger partial charge in [-0.05, 0) is 11.4 Å².